The summed E-state index contributed by atoms with van der Waals surface area (Å²) in [7, 11) is 0. The topological polar surface area (TPSA) is 80.0 Å². The lowest BCUT2D eigenvalue weighted by atomic mass is 9.84. The van der Waals surface area contributed by atoms with Gasteiger partial charge in [-0.05, 0) is 62.3 Å². The number of nitrogens with one attached hydrogen (secondary N) is 1. The molecule has 0 aliphatic rings. The van der Waals surface area contributed by atoms with Crippen molar-refractivity contribution in [3.63, 3.8) is 0 Å². The zero-order valence-electron chi connectivity index (χ0n) is 26.9. The van der Waals surface area contributed by atoms with Crippen molar-refractivity contribution >= 4 is 16.9 Å². The fourth-order valence-electron chi connectivity index (χ4n) is 5.70. The van der Waals surface area contributed by atoms with Crippen LogP contribution in [0, 0.1) is 0 Å². The number of aromatic hydroxyl groups is 1. The van der Waals surface area contributed by atoms with E-state index in [1.54, 1.807) is 0 Å². The third-order valence-electron chi connectivity index (χ3n) is 8.56. The number of carbonyl (C=O) groups excluding carboxylic acids is 1. The Morgan fingerprint density at radius 2 is 1.50 bits per heavy atom. The molecule has 0 saturated carbocycles. The maximum absolute atomic E-state index is 12.8. The summed E-state index contributed by atoms with van der Waals surface area (Å²) in [6.45, 7) is 18.5. The maximum Gasteiger partial charge on any atom is 0.220 e. The van der Waals surface area contributed by atoms with Crippen molar-refractivity contribution in [3.05, 3.63) is 47.5 Å². The summed E-state index contributed by atoms with van der Waals surface area (Å²) in [6.07, 6.45) is 9.99. The van der Waals surface area contributed by atoms with Gasteiger partial charge >= 0.3 is 0 Å². The molecule has 234 valence electrons. The minimum absolute atomic E-state index is 0. The van der Waals surface area contributed by atoms with Crippen LogP contribution in [0.3, 0.4) is 0 Å². The number of phenolic OH excluding ortho intramolecular Hbond substituents is 1. The molecule has 1 amide bonds. The second-order valence-electron chi connectivity index (χ2n) is 12.6. The minimum Gasteiger partial charge on any atom is -1.00 e. The normalized spacial score (nSPS) is 12.0. The second kappa shape index (κ2) is 17.0. The number of nitrogens with zero attached hydrogens (tertiary/aromatic N) is 4. The van der Waals surface area contributed by atoms with Crippen molar-refractivity contribution in [2.24, 2.45) is 0 Å². The number of carbonyl (C=O) groups is 1. The van der Waals surface area contributed by atoms with E-state index in [0.717, 1.165) is 52.7 Å². The Labute approximate surface area is 264 Å². The molecule has 2 aromatic carbocycles. The molecule has 0 aliphatic carbocycles. The first-order chi connectivity index (χ1) is 19.6. The van der Waals surface area contributed by atoms with Crippen LogP contribution in [0.25, 0.3) is 16.7 Å². The summed E-state index contributed by atoms with van der Waals surface area (Å²) in [5.41, 5.74) is 3.63. The van der Waals surface area contributed by atoms with Crippen molar-refractivity contribution in [1.29, 1.82) is 0 Å². The molecule has 0 aliphatic heterocycles. The third kappa shape index (κ3) is 10.1. The number of hydrogen-bond donors (Lipinski definition) is 2. The number of unbranched alkanes of at least 4 members (excludes halogenated alkanes) is 5. The van der Waals surface area contributed by atoms with Crippen LogP contribution in [0.5, 0.6) is 5.75 Å². The predicted octanol–water partition coefficient (Wildman–Crippen LogP) is 4.08. The summed E-state index contributed by atoms with van der Waals surface area (Å²) in [5.74, 6) is 0.252. The number of halogens is 1. The van der Waals surface area contributed by atoms with Gasteiger partial charge in [-0.15, -0.1) is 15.0 Å². The highest BCUT2D eigenvalue weighted by molar-refractivity contribution is 5.76. The lowest BCUT2D eigenvalue weighted by Gasteiger charge is -2.37. The van der Waals surface area contributed by atoms with E-state index in [0.29, 0.717) is 25.1 Å². The van der Waals surface area contributed by atoms with Crippen molar-refractivity contribution in [1.82, 2.24) is 20.3 Å². The fourth-order valence-corrected chi connectivity index (χ4v) is 5.70. The number of fused-ring (bicyclic) bond motifs is 1. The van der Waals surface area contributed by atoms with Crippen molar-refractivity contribution in [3.8, 4) is 11.4 Å². The number of amides is 1. The number of rotatable bonds is 17. The van der Waals surface area contributed by atoms with Gasteiger partial charge in [0.05, 0.1) is 26.2 Å². The monoisotopic (exact) mass is 643 g/mol. The average Bonchev–Trinajstić information content (AvgIpc) is 3.39. The SMILES string of the molecule is CCCCCCCC[N+](CC)(CC)CCCNC(=O)CCc1cc(-n2nc3ccccc3n2)c(O)c(C(C)(C)C)c1.[Br-]. The average molecular weight is 645 g/mol. The van der Waals surface area contributed by atoms with E-state index in [1.807, 2.05) is 36.4 Å². The van der Waals surface area contributed by atoms with Crippen LogP contribution >= 0.6 is 0 Å². The molecule has 0 fully saturated rings. The molecule has 0 bridgehead atoms. The first kappa shape index (κ1) is 35.7. The molecule has 3 rings (SSSR count). The van der Waals surface area contributed by atoms with Crippen LogP contribution in [0.2, 0.25) is 0 Å². The van der Waals surface area contributed by atoms with Crippen LogP contribution < -0.4 is 22.3 Å². The molecule has 3 aromatic rings. The highest BCUT2D eigenvalue weighted by Gasteiger charge is 2.24. The van der Waals surface area contributed by atoms with E-state index in [9.17, 15) is 9.90 Å². The van der Waals surface area contributed by atoms with Crippen molar-refractivity contribution in [2.75, 3.05) is 32.7 Å². The summed E-state index contributed by atoms with van der Waals surface area (Å²) in [5, 5.41) is 23.5. The van der Waals surface area contributed by atoms with Gasteiger partial charge in [-0.2, -0.15) is 0 Å². The molecule has 1 aromatic heterocycles. The quantitative estimate of drug-likeness (QED) is 0.172. The molecule has 0 spiro atoms. The summed E-state index contributed by atoms with van der Waals surface area (Å²) >= 11 is 0. The zero-order valence-corrected chi connectivity index (χ0v) is 28.5. The Kier molecular flexibility index (Phi) is 14.5. The van der Waals surface area contributed by atoms with Gasteiger partial charge in [-0.25, -0.2) is 0 Å². The zero-order chi connectivity index (χ0) is 29.9. The summed E-state index contributed by atoms with van der Waals surface area (Å²) < 4.78 is 1.14. The van der Waals surface area contributed by atoms with Gasteiger partial charge in [0.1, 0.15) is 22.5 Å². The van der Waals surface area contributed by atoms with E-state index in [2.05, 4.69) is 57.1 Å². The molecule has 0 saturated heterocycles. The number of aromatic nitrogens is 3. The van der Waals surface area contributed by atoms with Gasteiger partial charge in [-0.3, -0.25) is 4.79 Å². The van der Waals surface area contributed by atoms with Crippen molar-refractivity contribution in [2.45, 2.75) is 105 Å². The first-order valence-corrected chi connectivity index (χ1v) is 15.9. The largest absolute Gasteiger partial charge is 1.00 e. The Morgan fingerprint density at radius 3 is 2.10 bits per heavy atom. The fraction of sp³-hybridized carbons (Fsp3) is 0.618. The van der Waals surface area contributed by atoms with Crippen LogP contribution in [0.4, 0.5) is 0 Å². The van der Waals surface area contributed by atoms with Gasteiger partial charge in [0.2, 0.25) is 5.91 Å². The third-order valence-corrected chi connectivity index (χ3v) is 8.56. The standard InChI is InChI=1S/C34H53N5O2.BrH/c1-7-10-11-12-13-16-23-39(8-2,9-3)24-17-22-35-32(40)21-20-27-25-28(34(4,5)6)33(41)31(26-27)38-36-29-18-14-15-19-30(29)37-38;/h14-15,18-19,25-26H,7-13,16-17,20-24H2,1-6H3,(H-,35,40,41);1H. The summed E-state index contributed by atoms with van der Waals surface area (Å²) in [4.78, 5) is 14.3. The van der Waals surface area contributed by atoms with E-state index in [1.165, 1.54) is 49.9 Å². The number of phenols is 1. The van der Waals surface area contributed by atoms with E-state index < -0.39 is 0 Å². The Morgan fingerprint density at radius 1 is 0.905 bits per heavy atom. The van der Waals surface area contributed by atoms with Crippen LogP contribution in [-0.4, -0.2) is 63.2 Å². The molecular weight excluding hydrogens is 590 g/mol. The Bertz CT molecular complexity index is 1210. The molecule has 7 nitrogen and oxygen atoms in total. The number of hydrogen-bond acceptors (Lipinski definition) is 4. The van der Waals surface area contributed by atoms with Gasteiger partial charge < -0.3 is 31.9 Å². The predicted molar refractivity (Wildman–Crippen MR) is 170 cm³/mol. The molecule has 42 heavy (non-hydrogen) atoms. The molecule has 0 atom stereocenters. The maximum atomic E-state index is 12.8. The minimum atomic E-state index is -0.275. The lowest BCUT2D eigenvalue weighted by molar-refractivity contribution is -0.925. The molecular formula is C34H54BrN5O2. The smallest absolute Gasteiger partial charge is 0.220 e. The number of aryl methyl sites for hydroxylation is 1. The highest BCUT2D eigenvalue weighted by Crippen LogP contribution is 2.36. The highest BCUT2D eigenvalue weighted by atomic mass is 79.9. The van der Waals surface area contributed by atoms with Crippen LogP contribution in [0.15, 0.2) is 36.4 Å². The number of quaternary nitrogens is 1. The molecule has 0 radical (unpaired) electrons. The molecule has 8 heteroatoms. The first-order valence-electron chi connectivity index (χ1n) is 15.9. The van der Waals surface area contributed by atoms with E-state index >= 15 is 0 Å². The van der Waals surface area contributed by atoms with Gasteiger partial charge in [0.25, 0.3) is 0 Å². The van der Waals surface area contributed by atoms with Gasteiger partial charge in [0, 0.05) is 24.9 Å². The molecule has 0 unspecified atom stereocenters. The van der Waals surface area contributed by atoms with Gasteiger partial charge in [-0.1, -0.05) is 71.6 Å². The van der Waals surface area contributed by atoms with Gasteiger partial charge in [0.15, 0.2) is 0 Å². The summed E-state index contributed by atoms with van der Waals surface area (Å²) in [6, 6.07) is 11.6. The Balaban J connectivity index is 0.00000616. The van der Waals surface area contributed by atoms with Crippen LogP contribution in [-0.2, 0) is 16.6 Å². The number of benzene rings is 2. The van der Waals surface area contributed by atoms with E-state index in [-0.39, 0.29) is 34.1 Å². The Hall–Kier alpha value is -2.45. The van der Waals surface area contributed by atoms with E-state index in [4.69, 9.17) is 0 Å². The molecule has 2 N–H and O–H groups in total. The second-order valence-corrected chi connectivity index (χ2v) is 12.6. The lowest BCUT2D eigenvalue weighted by Crippen LogP contribution is -3.00. The molecule has 1 heterocycles. The van der Waals surface area contributed by atoms with Crippen LogP contribution in [0.1, 0.15) is 104 Å². The van der Waals surface area contributed by atoms with Crippen molar-refractivity contribution < 1.29 is 31.4 Å².